The Morgan fingerprint density at radius 3 is 2.24 bits per heavy atom. The summed E-state index contributed by atoms with van der Waals surface area (Å²) >= 11 is 0. The molecule has 0 amide bonds. The van der Waals surface area contributed by atoms with E-state index in [2.05, 4.69) is 107 Å². The van der Waals surface area contributed by atoms with Crippen molar-refractivity contribution >= 4 is 35.2 Å². The van der Waals surface area contributed by atoms with Crippen LogP contribution in [-0.4, -0.2) is 18.0 Å². The van der Waals surface area contributed by atoms with Crippen molar-refractivity contribution in [2.24, 2.45) is 5.92 Å². The van der Waals surface area contributed by atoms with Crippen molar-refractivity contribution in [1.29, 1.82) is 0 Å². The van der Waals surface area contributed by atoms with Crippen molar-refractivity contribution < 1.29 is 33.3 Å². The van der Waals surface area contributed by atoms with E-state index >= 15 is 0 Å². The fourth-order valence-corrected chi connectivity index (χ4v) is 8.41. The first-order chi connectivity index (χ1) is 23.8. The van der Waals surface area contributed by atoms with Gasteiger partial charge in [-0.25, -0.2) is 8.78 Å². The summed E-state index contributed by atoms with van der Waals surface area (Å²) in [6.07, 6.45) is 4.99. The van der Waals surface area contributed by atoms with E-state index in [1.165, 1.54) is 33.5 Å². The predicted molar refractivity (Wildman–Crippen MR) is 205 cm³/mol. The Morgan fingerprint density at radius 1 is 0.824 bits per heavy atom. The average Bonchev–Trinajstić information content (AvgIpc) is 3.43. The van der Waals surface area contributed by atoms with E-state index in [9.17, 15) is 8.78 Å². The number of aryl methyl sites for hydroxylation is 3. The van der Waals surface area contributed by atoms with Crippen molar-refractivity contribution in [2.45, 2.75) is 60.7 Å². The van der Waals surface area contributed by atoms with Gasteiger partial charge in [0, 0.05) is 50.0 Å². The van der Waals surface area contributed by atoms with Crippen LogP contribution in [0.25, 0.3) is 55.6 Å². The van der Waals surface area contributed by atoms with Gasteiger partial charge in [-0.1, -0.05) is 79.8 Å². The Labute approximate surface area is 314 Å². The van der Waals surface area contributed by atoms with Gasteiger partial charge in [-0.2, -0.15) is 0 Å². The van der Waals surface area contributed by atoms with Gasteiger partial charge in [-0.05, 0) is 78.0 Å². The summed E-state index contributed by atoms with van der Waals surface area (Å²) in [7, 11) is -1.34. The third-order valence-electron chi connectivity index (χ3n) is 8.84. The van der Waals surface area contributed by atoms with Gasteiger partial charge in [-0.15, -0.1) is 54.1 Å². The molecule has 0 aliphatic carbocycles. The van der Waals surface area contributed by atoms with Gasteiger partial charge < -0.3 is 14.4 Å². The van der Waals surface area contributed by atoms with Gasteiger partial charge in [-0.3, -0.25) is 0 Å². The number of benzene rings is 4. The van der Waals surface area contributed by atoms with Crippen molar-refractivity contribution in [3.63, 3.8) is 0 Å². The molecule has 0 saturated heterocycles. The van der Waals surface area contributed by atoms with Crippen LogP contribution in [0, 0.1) is 50.5 Å². The van der Waals surface area contributed by atoms with Gasteiger partial charge in [0.05, 0.1) is 13.7 Å². The number of pyridine rings is 2. The first-order valence-corrected chi connectivity index (χ1v) is 20.5. The zero-order valence-electron chi connectivity index (χ0n) is 30.3. The normalized spacial score (nSPS) is 11.4. The molecule has 0 atom stereocenters. The fourth-order valence-electron chi connectivity index (χ4n) is 6.82. The molecule has 3 aromatic heterocycles. The molecule has 1 radical (unpaired) electrons. The van der Waals surface area contributed by atoms with Gasteiger partial charge in [0.1, 0.15) is 17.2 Å². The first kappa shape index (κ1) is 37.9. The molecule has 51 heavy (non-hydrogen) atoms. The fraction of sp³-hybridized carbons (Fsp3) is 0.227. The van der Waals surface area contributed by atoms with E-state index in [1.807, 2.05) is 30.3 Å². The summed E-state index contributed by atoms with van der Waals surface area (Å²) < 4.78 is 34.0. The minimum Gasteiger partial charge on any atom is -0.500 e. The Hall–Kier alpha value is -4.29. The van der Waals surface area contributed by atoms with Crippen LogP contribution < -0.4 is 5.19 Å². The van der Waals surface area contributed by atoms with Crippen LogP contribution in [0.5, 0.6) is 0 Å². The number of fused-ring (bicyclic) bond motifs is 3. The Morgan fingerprint density at radius 2 is 1.57 bits per heavy atom. The van der Waals surface area contributed by atoms with Crippen LogP contribution in [0.2, 0.25) is 19.6 Å². The van der Waals surface area contributed by atoms with E-state index < -0.39 is 19.7 Å². The van der Waals surface area contributed by atoms with E-state index in [0.29, 0.717) is 28.1 Å². The summed E-state index contributed by atoms with van der Waals surface area (Å²) in [6, 6.07) is 30.6. The van der Waals surface area contributed by atoms with Crippen LogP contribution in [-0.2, 0) is 26.5 Å². The second-order valence-electron chi connectivity index (χ2n) is 14.5. The van der Waals surface area contributed by atoms with Crippen LogP contribution in [0.3, 0.4) is 0 Å². The molecule has 0 aliphatic heterocycles. The number of hydrogen-bond donors (Lipinski definition) is 0. The summed E-state index contributed by atoms with van der Waals surface area (Å²) in [4.78, 5) is 9.20. The molecule has 0 bridgehead atoms. The molecule has 7 aromatic rings. The smallest absolute Gasteiger partial charge is 0.136 e. The summed E-state index contributed by atoms with van der Waals surface area (Å²) in [5.74, 6) is -0.649. The largest absolute Gasteiger partial charge is 0.500 e. The molecule has 3 nitrogen and oxygen atoms in total. The van der Waals surface area contributed by atoms with E-state index in [1.54, 1.807) is 18.3 Å². The Bertz CT molecular complexity index is 2300. The minimum atomic E-state index is -1.34. The maximum atomic E-state index is 14.4. The minimum absolute atomic E-state index is 0. The number of halogens is 2. The van der Waals surface area contributed by atoms with Crippen LogP contribution in [0.1, 0.15) is 36.1 Å². The molecule has 0 saturated carbocycles. The summed E-state index contributed by atoms with van der Waals surface area (Å²) in [6.45, 7) is 18.0. The van der Waals surface area contributed by atoms with E-state index in [4.69, 9.17) is 4.42 Å². The van der Waals surface area contributed by atoms with Crippen molar-refractivity contribution in [3.05, 3.63) is 137 Å². The zero-order chi connectivity index (χ0) is 35.7. The predicted octanol–water partition coefficient (Wildman–Crippen LogP) is 11.6. The molecule has 0 unspecified atom stereocenters. The molecule has 0 fully saturated rings. The molecule has 7 rings (SSSR count). The zero-order valence-corrected chi connectivity index (χ0v) is 33.7. The first-order valence-electron chi connectivity index (χ1n) is 17.0. The van der Waals surface area contributed by atoms with Gasteiger partial charge in [0.15, 0.2) is 0 Å². The Kier molecular flexibility index (Phi) is 11.6. The molecular weight excluding hydrogens is 831 g/mol. The van der Waals surface area contributed by atoms with Crippen molar-refractivity contribution in [1.82, 2.24) is 9.97 Å². The molecule has 3 heterocycles. The molecule has 0 N–H and O–H groups in total. The second kappa shape index (κ2) is 15.5. The molecule has 0 spiro atoms. The number of furan rings is 1. The van der Waals surface area contributed by atoms with Gasteiger partial charge in [0.2, 0.25) is 0 Å². The quantitative estimate of drug-likeness (QED) is 0.123. The number of nitrogens with zero attached hydrogens (tertiary/aromatic N) is 2. The third-order valence-corrected chi connectivity index (χ3v) is 10.9. The Balaban J connectivity index is 0.000000211. The van der Waals surface area contributed by atoms with Gasteiger partial charge in [0.25, 0.3) is 0 Å². The SMILES string of the molecule is CC(C)Cc1cc(-c2[c-]cccc2)ncc1[Si](C)(C)C.Cc1cc(C)c(-c2ccnc(-c3[c-]ccc4c3oc3cc(F)cc(F)c34)c2)c(C)c1.[Ir]. The van der Waals surface area contributed by atoms with Crippen molar-refractivity contribution in [2.75, 3.05) is 0 Å². The third kappa shape index (κ3) is 8.28. The number of aromatic nitrogens is 2. The van der Waals surface area contributed by atoms with E-state index in [0.717, 1.165) is 34.9 Å². The van der Waals surface area contributed by atoms with Crippen LogP contribution >= 0.6 is 0 Å². The standard InChI is InChI=1S/C26H18F2NO.C18H24NSi.Ir/c1-14-9-15(2)24(16(3)10-14)17-7-8-29-22(11-17)19-5-4-6-20-25-21(28)12-18(27)13-23(25)30-26(19)20;1-14(2)11-16-12-17(15-9-7-6-8-10-15)19-13-18(16)20(3,4)5;/h4,6-13H,1-3H3;6-9,12-14H,11H2,1-5H3;/q2*-1;. The maximum absolute atomic E-state index is 14.4. The molecular formula is C44H42F2IrN2OSi-2. The van der Waals surface area contributed by atoms with Crippen LogP contribution in [0.15, 0.2) is 95.7 Å². The second-order valence-corrected chi connectivity index (χ2v) is 19.6. The average molecular weight is 873 g/mol. The summed E-state index contributed by atoms with van der Waals surface area (Å²) in [5, 5.41) is 2.33. The summed E-state index contributed by atoms with van der Waals surface area (Å²) in [5.41, 5.74) is 11.3. The topological polar surface area (TPSA) is 38.9 Å². The maximum Gasteiger partial charge on any atom is 0.136 e. The van der Waals surface area contributed by atoms with E-state index in [-0.39, 0.29) is 31.1 Å². The molecule has 263 valence electrons. The number of hydrogen-bond acceptors (Lipinski definition) is 3. The molecule has 4 aromatic carbocycles. The number of rotatable bonds is 6. The monoisotopic (exact) mass is 873 g/mol. The van der Waals surface area contributed by atoms with Crippen molar-refractivity contribution in [3.8, 4) is 33.6 Å². The van der Waals surface area contributed by atoms with Gasteiger partial charge >= 0.3 is 0 Å². The molecule has 7 heteroatoms. The molecule has 0 aliphatic rings. The van der Waals surface area contributed by atoms with Crippen LogP contribution in [0.4, 0.5) is 8.78 Å².